The van der Waals surface area contributed by atoms with E-state index in [9.17, 15) is 4.79 Å². The van der Waals surface area contributed by atoms with Crippen LogP contribution in [0.25, 0.3) is 10.8 Å². The lowest BCUT2D eigenvalue weighted by molar-refractivity contribution is -0.118. The molecule has 0 saturated carbocycles. The molecule has 1 N–H and O–H groups in total. The van der Waals surface area contributed by atoms with Crippen LogP contribution in [0.1, 0.15) is 25.0 Å². The van der Waals surface area contributed by atoms with Gasteiger partial charge in [0.15, 0.2) is 0 Å². The van der Waals surface area contributed by atoms with E-state index < -0.39 is 0 Å². The Balaban J connectivity index is 2.48. The Morgan fingerprint density at radius 2 is 2.09 bits per heavy atom. The van der Waals surface area contributed by atoms with Gasteiger partial charge in [0, 0.05) is 19.0 Å². The van der Waals surface area contributed by atoms with Crippen LogP contribution in [0.4, 0.5) is 0 Å². The molecule has 0 fully saturated rings. The van der Waals surface area contributed by atoms with Crippen molar-refractivity contribution in [3.63, 3.8) is 0 Å². The normalized spacial score (nSPS) is 11.0. The standard InChI is InChI=1S/C19H23NO2/c1-4-5-9-17-18(22-3)11-10-15-7-6-8-16(19(15)17)12-13-20-14(2)21/h4-8,10-11H,9,12-13H2,1-3H3,(H,20,21)/b5-4+. The van der Waals surface area contributed by atoms with Crippen LogP contribution in [-0.2, 0) is 17.6 Å². The van der Waals surface area contributed by atoms with Gasteiger partial charge in [0.25, 0.3) is 0 Å². The zero-order valence-corrected chi connectivity index (χ0v) is 13.5. The fourth-order valence-corrected chi connectivity index (χ4v) is 2.73. The maximum Gasteiger partial charge on any atom is 0.216 e. The quantitative estimate of drug-likeness (QED) is 0.827. The Morgan fingerprint density at radius 3 is 2.77 bits per heavy atom. The summed E-state index contributed by atoms with van der Waals surface area (Å²) in [6, 6.07) is 10.4. The van der Waals surface area contributed by atoms with E-state index in [1.807, 2.05) is 13.0 Å². The maximum atomic E-state index is 11.1. The van der Waals surface area contributed by atoms with Crippen LogP contribution >= 0.6 is 0 Å². The Kier molecular flexibility index (Phi) is 5.59. The number of benzene rings is 2. The molecule has 0 atom stereocenters. The number of hydrogen-bond acceptors (Lipinski definition) is 2. The number of allylic oxidation sites excluding steroid dienone is 2. The highest BCUT2D eigenvalue weighted by molar-refractivity contribution is 5.91. The summed E-state index contributed by atoms with van der Waals surface area (Å²) in [6.45, 7) is 4.22. The van der Waals surface area contributed by atoms with Gasteiger partial charge in [-0.05, 0) is 42.2 Å². The minimum absolute atomic E-state index is 0.00644. The van der Waals surface area contributed by atoms with Gasteiger partial charge >= 0.3 is 0 Å². The van der Waals surface area contributed by atoms with Gasteiger partial charge in [0.2, 0.25) is 5.91 Å². The second-order valence-corrected chi connectivity index (χ2v) is 5.27. The fourth-order valence-electron chi connectivity index (χ4n) is 2.73. The molecule has 2 aromatic carbocycles. The Hall–Kier alpha value is -2.29. The SMILES string of the molecule is C/C=C/Cc1c(OC)ccc2cccc(CCNC(C)=O)c12. The molecule has 0 aliphatic carbocycles. The van der Waals surface area contributed by atoms with Crippen molar-refractivity contribution >= 4 is 16.7 Å². The van der Waals surface area contributed by atoms with Gasteiger partial charge in [-0.2, -0.15) is 0 Å². The lowest BCUT2D eigenvalue weighted by Gasteiger charge is -2.14. The van der Waals surface area contributed by atoms with E-state index in [4.69, 9.17) is 4.74 Å². The molecule has 0 aliphatic heterocycles. The summed E-state index contributed by atoms with van der Waals surface area (Å²) in [5.74, 6) is 0.921. The average Bonchev–Trinajstić information content (AvgIpc) is 2.52. The van der Waals surface area contributed by atoms with Gasteiger partial charge in [-0.3, -0.25) is 4.79 Å². The average molecular weight is 297 g/mol. The van der Waals surface area contributed by atoms with E-state index in [0.29, 0.717) is 6.54 Å². The number of carbonyl (C=O) groups excluding carboxylic acids is 1. The van der Waals surface area contributed by atoms with E-state index in [2.05, 4.69) is 41.7 Å². The monoisotopic (exact) mass is 297 g/mol. The fraction of sp³-hybridized carbons (Fsp3) is 0.316. The summed E-state index contributed by atoms with van der Waals surface area (Å²) in [5, 5.41) is 5.32. The van der Waals surface area contributed by atoms with Crippen LogP contribution in [-0.4, -0.2) is 19.6 Å². The molecule has 0 heterocycles. The molecule has 3 heteroatoms. The first-order chi connectivity index (χ1) is 10.7. The highest BCUT2D eigenvalue weighted by Crippen LogP contribution is 2.31. The largest absolute Gasteiger partial charge is 0.496 e. The number of ether oxygens (including phenoxy) is 1. The second kappa shape index (κ2) is 7.64. The van der Waals surface area contributed by atoms with Gasteiger partial charge in [-0.1, -0.05) is 36.4 Å². The summed E-state index contributed by atoms with van der Waals surface area (Å²) < 4.78 is 5.54. The molecule has 0 spiro atoms. The summed E-state index contributed by atoms with van der Waals surface area (Å²) in [6.07, 6.45) is 5.85. The predicted octanol–water partition coefficient (Wildman–Crippen LogP) is 3.65. The summed E-state index contributed by atoms with van der Waals surface area (Å²) in [4.78, 5) is 11.1. The summed E-state index contributed by atoms with van der Waals surface area (Å²) >= 11 is 0. The predicted molar refractivity (Wildman–Crippen MR) is 91.4 cm³/mol. The topological polar surface area (TPSA) is 38.3 Å². The van der Waals surface area contributed by atoms with Crippen molar-refractivity contribution in [1.29, 1.82) is 0 Å². The third kappa shape index (κ3) is 3.67. The molecule has 22 heavy (non-hydrogen) atoms. The molecule has 0 unspecified atom stereocenters. The molecule has 116 valence electrons. The van der Waals surface area contributed by atoms with Crippen LogP contribution in [0.2, 0.25) is 0 Å². The molecule has 3 nitrogen and oxygen atoms in total. The van der Waals surface area contributed by atoms with Gasteiger partial charge < -0.3 is 10.1 Å². The highest BCUT2D eigenvalue weighted by atomic mass is 16.5. The molecular weight excluding hydrogens is 274 g/mol. The third-order valence-electron chi connectivity index (χ3n) is 3.74. The number of fused-ring (bicyclic) bond motifs is 1. The third-order valence-corrected chi connectivity index (χ3v) is 3.74. The number of hydrogen-bond donors (Lipinski definition) is 1. The van der Waals surface area contributed by atoms with Crippen LogP contribution in [0.5, 0.6) is 5.75 Å². The molecule has 0 aliphatic rings. The number of carbonyl (C=O) groups is 1. The highest BCUT2D eigenvalue weighted by Gasteiger charge is 2.11. The number of methoxy groups -OCH3 is 1. The molecule has 1 amide bonds. The van der Waals surface area contributed by atoms with Crippen molar-refractivity contribution < 1.29 is 9.53 Å². The Morgan fingerprint density at radius 1 is 1.27 bits per heavy atom. The van der Waals surface area contributed by atoms with Gasteiger partial charge in [-0.25, -0.2) is 0 Å². The minimum atomic E-state index is 0.00644. The Bertz CT molecular complexity index is 689. The Labute approximate surface area is 132 Å². The van der Waals surface area contributed by atoms with Gasteiger partial charge in [0.1, 0.15) is 5.75 Å². The van der Waals surface area contributed by atoms with Crippen molar-refractivity contribution in [1.82, 2.24) is 5.32 Å². The van der Waals surface area contributed by atoms with Crippen molar-refractivity contribution in [2.75, 3.05) is 13.7 Å². The molecule has 2 rings (SSSR count). The molecule has 0 radical (unpaired) electrons. The number of rotatable bonds is 6. The van der Waals surface area contributed by atoms with E-state index in [0.717, 1.165) is 18.6 Å². The molecule has 0 saturated heterocycles. The van der Waals surface area contributed by atoms with Crippen LogP contribution in [0, 0.1) is 0 Å². The van der Waals surface area contributed by atoms with Crippen molar-refractivity contribution in [2.45, 2.75) is 26.7 Å². The van der Waals surface area contributed by atoms with Crippen molar-refractivity contribution in [3.8, 4) is 5.75 Å². The molecular formula is C19H23NO2. The summed E-state index contributed by atoms with van der Waals surface area (Å²) in [7, 11) is 1.71. The molecule has 0 bridgehead atoms. The van der Waals surface area contributed by atoms with Crippen molar-refractivity contribution in [3.05, 3.63) is 53.6 Å². The first-order valence-electron chi connectivity index (χ1n) is 7.60. The smallest absolute Gasteiger partial charge is 0.216 e. The van der Waals surface area contributed by atoms with Gasteiger partial charge in [-0.15, -0.1) is 0 Å². The van der Waals surface area contributed by atoms with Crippen molar-refractivity contribution in [2.24, 2.45) is 0 Å². The van der Waals surface area contributed by atoms with Gasteiger partial charge in [0.05, 0.1) is 7.11 Å². The van der Waals surface area contributed by atoms with Crippen LogP contribution in [0.15, 0.2) is 42.5 Å². The molecule has 2 aromatic rings. The lowest BCUT2D eigenvalue weighted by atomic mass is 9.94. The van der Waals surface area contributed by atoms with E-state index >= 15 is 0 Å². The first kappa shape index (κ1) is 16.1. The maximum absolute atomic E-state index is 11.1. The minimum Gasteiger partial charge on any atom is -0.496 e. The second-order valence-electron chi connectivity index (χ2n) is 5.27. The van der Waals surface area contributed by atoms with Crippen LogP contribution < -0.4 is 10.1 Å². The van der Waals surface area contributed by atoms with E-state index in [1.165, 1.54) is 21.9 Å². The van der Waals surface area contributed by atoms with E-state index in [1.54, 1.807) is 14.0 Å². The molecule has 0 aromatic heterocycles. The zero-order chi connectivity index (χ0) is 15.9. The first-order valence-corrected chi connectivity index (χ1v) is 7.60. The van der Waals surface area contributed by atoms with E-state index in [-0.39, 0.29) is 5.91 Å². The number of nitrogens with one attached hydrogen (secondary N) is 1. The lowest BCUT2D eigenvalue weighted by Crippen LogP contribution is -2.22. The van der Waals surface area contributed by atoms with Crippen LogP contribution in [0.3, 0.4) is 0 Å². The summed E-state index contributed by atoms with van der Waals surface area (Å²) in [5.41, 5.74) is 2.45. The zero-order valence-electron chi connectivity index (χ0n) is 13.5. The number of amides is 1.